The second-order valence-corrected chi connectivity index (χ2v) is 5.12. The Labute approximate surface area is 116 Å². The first kappa shape index (κ1) is 14.4. The average molecular weight is 263 g/mol. The fraction of sp³-hybridized carbons (Fsp3) is 0.625. The Bertz CT molecular complexity index is 362. The second kappa shape index (κ2) is 8.18. The SMILES string of the molecule is COc1ccccc1CNCCOC1CCCCC1. The summed E-state index contributed by atoms with van der Waals surface area (Å²) in [6.07, 6.45) is 7.03. The highest BCUT2D eigenvalue weighted by atomic mass is 16.5. The van der Waals surface area contributed by atoms with E-state index in [1.807, 2.05) is 18.2 Å². The van der Waals surface area contributed by atoms with Crippen LogP contribution in [0.2, 0.25) is 0 Å². The predicted molar refractivity (Wildman–Crippen MR) is 77.5 cm³/mol. The van der Waals surface area contributed by atoms with Gasteiger partial charge in [0, 0.05) is 18.7 Å². The van der Waals surface area contributed by atoms with Crippen molar-refractivity contribution in [2.75, 3.05) is 20.3 Å². The van der Waals surface area contributed by atoms with Crippen molar-refractivity contribution in [1.29, 1.82) is 0 Å². The van der Waals surface area contributed by atoms with Crippen LogP contribution in [0.5, 0.6) is 5.75 Å². The molecule has 1 N–H and O–H groups in total. The van der Waals surface area contributed by atoms with Crippen molar-refractivity contribution in [3.8, 4) is 5.75 Å². The molecule has 0 radical (unpaired) electrons. The van der Waals surface area contributed by atoms with Crippen molar-refractivity contribution in [2.24, 2.45) is 0 Å². The summed E-state index contributed by atoms with van der Waals surface area (Å²) in [6.45, 7) is 2.53. The molecule has 106 valence electrons. The molecular formula is C16H25NO2. The van der Waals surface area contributed by atoms with Crippen LogP contribution in [0.4, 0.5) is 0 Å². The lowest BCUT2D eigenvalue weighted by atomic mass is 9.98. The minimum atomic E-state index is 0.502. The smallest absolute Gasteiger partial charge is 0.123 e. The first-order chi connectivity index (χ1) is 9.40. The van der Waals surface area contributed by atoms with Gasteiger partial charge in [-0.1, -0.05) is 37.5 Å². The third-order valence-corrected chi connectivity index (χ3v) is 3.69. The lowest BCUT2D eigenvalue weighted by Crippen LogP contribution is -2.24. The van der Waals surface area contributed by atoms with Crippen molar-refractivity contribution in [2.45, 2.75) is 44.8 Å². The van der Waals surface area contributed by atoms with Crippen molar-refractivity contribution >= 4 is 0 Å². The summed E-state index contributed by atoms with van der Waals surface area (Å²) in [6, 6.07) is 8.12. The van der Waals surface area contributed by atoms with Gasteiger partial charge in [0.2, 0.25) is 0 Å². The summed E-state index contributed by atoms with van der Waals surface area (Å²) in [5, 5.41) is 3.41. The van der Waals surface area contributed by atoms with Crippen molar-refractivity contribution in [3.63, 3.8) is 0 Å². The number of hydrogen-bond acceptors (Lipinski definition) is 3. The van der Waals surface area contributed by atoms with Gasteiger partial charge in [-0.2, -0.15) is 0 Å². The Morgan fingerprint density at radius 3 is 2.74 bits per heavy atom. The molecule has 19 heavy (non-hydrogen) atoms. The van der Waals surface area contributed by atoms with Crippen LogP contribution in [-0.4, -0.2) is 26.4 Å². The molecule has 0 saturated heterocycles. The first-order valence-corrected chi connectivity index (χ1v) is 7.34. The number of ether oxygens (including phenoxy) is 2. The van der Waals surface area contributed by atoms with Gasteiger partial charge in [0.25, 0.3) is 0 Å². The van der Waals surface area contributed by atoms with Gasteiger partial charge in [-0.25, -0.2) is 0 Å². The van der Waals surface area contributed by atoms with Crippen LogP contribution in [-0.2, 0) is 11.3 Å². The lowest BCUT2D eigenvalue weighted by Gasteiger charge is -2.22. The Morgan fingerprint density at radius 1 is 1.16 bits per heavy atom. The standard InChI is InChI=1S/C16H25NO2/c1-18-16-10-6-5-7-14(16)13-17-11-12-19-15-8-3-2-4-9-15/h5-7,10,15,17H,2-4,8-9,11-13H2,1H3. The molecule has 1 saturated carbocycles. The molecule has 1 fully saturated rings. The number of hydrogen-bond donors (Lipinski definition) is 1. The molecule has 1 aliphatic carbocycles. The quantitative estimate of drug-likeness (QED) is 0.767. The van der Waals surface area contributed by atoms with Crippen LogP contribution in [0.3, 0.4) is 0 Å². The average Bonchev–Trinajstić information content (AvgIpc) is 2.48. The molecule has 0 spiro atoms. The molecule has 0 aromatic heterocycles. The van der Waals surface area contributed by atoms with Crippen LogP contribution in [0.1, 0.15) is 37.7 Å². The molecule has 0 aliphatic heterocycles. The Morgan fingerprint density at radius 2 is 1.95 bits per heavy atom. The van der Waals surface area contributed by atoms with Crippen LogP contribution in [0.15, 0.2) is 24.3 Å². The zero-order valence-electron chi connectivity index (χ0n) is 11.9. The largest absolute Gasteiger partial charge is 0.496 e. The van der Waals surface area contributed by atoms with E-state index in [9.17, 15) is 0 Å². The van der Waals surface area contributed by atoms with Gasteiger partial charge in [0.1, 0.15) is 5.75 Å². The number of benzene rings is 1. The minimum absolute atomic E-state index is 0.502. The van der Waals surface area contributed by atoms with Crippen molar-refractivity contribution in [3.05, 3.63) is 29.8 Å². The lowest BCUT2D eigenvalue weighted by molar-refractivity contribution is 0.0302. The maximum absolute atomic E-state index is 5.88. The van der Waals surface area contributed by atoms with Gasteiger partial charge >= 0.3 is 0 Å². The maximum atomic E-state index is 5.88. The molecule has 2 rings (SSSR count). The Hall–Kier alpha value is -1.06. The summed E-state index contributed by atoms with van der Waals surface area (Å²) in [5.41, 5.74) is 1.20. The Balaban J connectivity index is 1.61. The van der Waals surface area contributed by atoms with E-state index in [1.54, 1.807) is 7.11 Å². The van der Waals surface area contributed by atoms with Crippen LogP contribution in [0, 0.1) is 0 Å². The van der Waals surface area contributed by atoms with Crippen LogP contribution >= 0.6 is 0 Å². The highest BCUT2D eigenvalue weighted by Gasteiger charge is 2.12. The monoisotopic (exact) mass is 263 g/mol. The van der Waals surface area contributed by atoms with E-state index in [0.29, 0.717) is 6.10 Å². The maximum Gasteiger partial charge on any atom is 0.123 e. The number of rotatable bonds is 7. The van der Waals surface area contributed by atoms with Gasteiger partial charge in [-0.3, -0.25) is 0 Å². The molecule has 3 heteroatoms. The van der Waals surface area contributed by atoms with Gasteiger partial charge in [0.15, 0.2) is 0 Å². The molecule has 1 aromatic carbocycles. The highest BCUT2D eigenvalue weighted by molar-refractivity contribution is 5.32. The van der Waals surface area contributed by atoms with E-state index < -0.39 is 0 Å². The van der Waals surface area contributed by atoms with Gasteiger partial charge in [-0.05, 0) is 18.9 Å². The van der Waals surface area contributed by atoms with E-state index in [1.165, 1.54) is 37.7 Å². The van der Waals surface area contributed by atoms with E-state index in [4.69, 9.17) is 9.47 Å². The molecule has 3 nitrogen and oxygen atoms in total. The van der Waals surface area contributed by atoms with Crippen molar-refractivity contribution < 1.29 is 9.47 Å². The summed E-state index contributed by atoms with van der Waals surface area (Å²) in [4.78, 5) is 0. The molecule has 0 heterocycles. The third-order valence-electron chi connectivity index (χ3n) is 3.69. The molecule has 0 amide bonds. The molecule has 0 bridgehead atoms. The number of methoxy groups -OCH3 is 1. The first-order valence-electron chi connectivity index (χ1n) is 7.34. The van der Waals surface area contributed by atoms with E-state index in [0.717, 1.165) is 25.4 Å². The van der Waals surface area contributed by atoms with Crippen LogP contribution in [0.25, 0.3) is 0 Å². The van der Waals surface area contributed by atoms with Crippen LogP contribution < -0.4 is 10.1 Å². The predicted octanol–water partition coefficient (Wildman–Crippen LogP) is 3.13. The summed E-state index contributed by atoms with van der Waals surface area (Å²) >= 11 is 0. The van der Waals surface area contributed by atoms with Crippen molar-refractivity contribution in [1.82, 2.24) is 5.32 Å². The topological polar surface area (TPSA) is 30.5 Å². The molecule has 1 aromatic rings. The fourth-order valence-corrected chi connectivity index (χ4v) is 2.60. The second-order valence-electron chi connectivity index (χ2n) is 5.12. The molecular weight excluding hydrogens is 238 g/mol. The third kappa shape index (κ3) is 4.84. The summed E-state index contributed by atoms with van der Waals surface area (Å²) < 4.78 is 11.2. The van der Waals surface area contributed by atoms with Gasteiger partial charge in [-0.15, -0.1) is 0 Å². The molecule has 1 aliphatic rings. The number of para-hydroxylation sites is 1. The van der Waals surface area contributed by atoms with E-state index in [2.05, 4.69) is 11.4 Å². The Kier molecular flexibility index (Phi) is 6.18. The zero-order chi connectivity index (χ0) is 13.3. The fourth-order valence-electron chi connectivity index (χ4n) is 2.60. The van der Waals surface area contributed by atoms with E-state index >= 15 is 0 Å². The summed E-state index contributed by atoms with van der Waals surface area (Å²) in [5.74, 6) is 0.947. The number of nitrogens with one attached hydrogen (secondary N) is 1. The zero-order valence-corrected chi connectivity index (χ0v) is 11.9. The molecule has 0 unspecified atom stereocenters. The minimum Gasteiger partial charge on any atom is -0.496 e. The highest BCUT2D eigenvalue weighted by Crippen LogP contribution is 2.20. The van der Waals surface area contributed by atoms with E-state index in [-0.39, 0.29) is 0 Å². The summed E-state index contributed by atoms with van der Waals surface area (Å²) in [7, 11) is 1.71. The van der Waals surface area contributed by atoms with Gasteiger partial charge < -0.3 is 14.8 Å². The van der Waals surface area contributed by atoms with Gasteiger partial charge in [0.05, 0.1) is 19.8 Å². The molecule has 0 atom stereocenters. The normalized spacial score (nSPS) is 16.5.